The summed E-state index contributed by atoms with van der Waals surface area (Å²) in [4.78, 5) is 36.2. The van der Waals surface area contributed by atoms with Gasteiger partial charge in [0.1, 0.15) is 0 Å². The number of ether oxygens (including phenoxy) is 2. The molecule has 0 fully saturated rings. The predicted octanol–water partition coefficient (Wildman–Crippen LogP) is 2.23. The van der Waals surface area contributed by atoms with Gasteiger partial charge in [-0.25, -0.2) is 0 Å². The Morgan fingerprint density at radius 1 is 1.05 bits per heavy atom. The van der Waals surface area contributed by atoms with Crippen LogP contribution in [0.25, 0.3) is 0 Å². The first-order chi connectivity index (χ1) is 10.6. The summed E-state index contributed by atoms with van der Waals surface area (Å²) < 4.78 is 9.89. The highest BCUT2D eigenvalue weighted by Gasteiger charge is 2.30. The molecule has 0 bridgehead atoms. The predicted molar refractivity (Wildman–Crippen MR) is 79.1 cm³/mol. The van der Waals surface area contributed by atoms with Gasteiger partial charge in [-0.15, -0.1) is 0 Å². The fourth-order valence-corrected chi connectivity index (χ4v) is 2.24. The van der Waals surface area contributed by atoms with Gasteiger partial charge in [0.25, 0.3) is 5.78 Å². The van der Waals surface area contributed by atoms with Gasteiger partial charge in [0.05, 0.1) is 14.2 Å². The Morgan fingerprint density at radius 3 is 2.32 bits per heavy atom. The second-order valence-corrected chi connectivity index (χ2v) is 4.71. The SMILES string of the molecule is COC1=CC(=O)C(CCC(=O)c2ccccc2)=C(OC)C1=O. The van der Waals surface area contributed by atoms with Crippen molar-refractivity contribution in [2.75, 3.05) is 14.2 Å². The van der Waals surface area contributed by atoms with Crippen molar-refractivity contribution in [1.29, 1.82) is 0 Å². The minimum Gasteiger partial charge on any atom is -0.492 e. The number of hydrogen-bond acceptors (Lipinski definition) is 5. The van der Waals surface area contributed by atoms with Gasteiger partial charge < -0.3 is 9.47 Å². The summed E-state index contributed by atoms with van der Waals surface area (Å²) in [7, 11) is 2.63. The zero-order chi connectivity index (χ0) is 16.1. The van der Waals surface area contributed by atoms with Crippen molar-refractivity contribution in [3.8, 4) is 0 Å². The van der Waals surface area contributed by atoms with Crippen LogP contribution in [0.4, 0.5) is 0 Å². The number of ketones is 3. The van der Waals surface area contributed by atoms with Crippen molar-refractivity contribution in [3.05, 3.63) is 59.1 Å². The number of carbonyl (C=O) groups excluding carboxylic acids is 3. The largest absolute Gasteiger partial charge is 0.492 e. The highest BCUT2D eigenvalue weighted by Crippen LogP contribution is 2.24. The molecule has 0 amide bonds. The fraction of sp³-hybridized carbons (Fsp3) is 0.235. The maximum absolute atomic E-state index is 12.1. The molecule has 0 heterocycles. The first-order valence-electron chi connectivity index (χ1n) is 6.78. The Hall–Kier alpha value is -2.69. The lowest BCUT2D eigenvalue weighted by atomic mass is 9.94. The van der Waals surface area contributed by atoms with Crippen molar-refractivity contribution in [3.63, 3.8) is 0 Å². The first kappa shape index (κ1) is 15.7. The molecule has 1 aromatic carbocycles. The van der Waals surface area contributed by atoms with Gasteiger partial charge in [0, 0.05) is 23.6 Å². The fourth-order valence-electron chi connectivity index (χ4n) is 2.24. The van der Waals surface area contributed by atoms with Crippen LogP contribution >= 0.6 is 0 Å². The van der Waals surface area contributed by atoms with E-state index in [0.717, 1.165) is 6.08 Å². The summed E-state index contributed by atoms with van der Waals surface area (Å²) in [6.07, 6.45) is 1.41. The van der Waals surface area contributed by atoms with Crippen molar-refractivity contribution >= 4 is 17.3 Å². The Kier molecular flexibility index (Phi) is 4.88. The third-order valence-electron chi connectivity index (χ3n) is 3.39. The summed E-state index contributed by atoms with van der Waals surface area (Å²) in [5.74, 6) is -1.04. The monoisotopic (exact) mass is 300 g/mol. The Balaban J connectivity index is 2.16. The molecule has 0 radical (unpaired) electrons. The van der Waals surface area contributed by atoms with Crippen molar-refractivity contribution in [2.45, 2.75) is 12.8 Å². The molecule has 0 saturated carbocycles. The number of methoxy groups -OCH3 is 2. The van der Waals surface area contributed by atoms with E-state index in [4.69, 9.17) is 9.47 Å². The third kappa shape index (κ3) is 3.14. The van der Waals surface area contributed by atoms with E-state index in [1.807, 2.05) is 6.07 Å². The second-order valence-electron chi connectivity index (χ2n) is 4.71. The number of allylic oxidation sites excluding steroid dienone is 2. The van der Waals surface area contributed by atoms with Crippen LogP contribution in [0.3, 0.4) is 0 Å². The van der Waals surface area contributed by atoms with E-state index < -0.39 is 5.78 Å². The molecule has 0 spiro atoms. The van der Waals surface area contributed by atoms with Crippen LogP contribution < -0.4 is 0 Å². The van der Waals surface area contributed by atoms with Crippen LogP contribution in [0.2, 0.25) is 0 Å². The van der Waals surface area contributed by atoms with Gasteiger partial charge in [0.15, 0.2) is 23.1 Å². The minimum atomic E-state index is -0.480. The normalized spacial score (nSPS) is 14.7. The van der Waals surface area contributed by atoms with E-state index in [9.17, 15) is 14.4 Å². The first-order valence-corrected chi connectivity index (χ1v) is 6.78. The molecule has 0 N–H and O–H groups in total. The molecule has 114 valence electrons. The van der Waals surface area contributed by atoms with Gasteiger partial charge in [-0.3, -0.25) is 14.4 Å². The van der Waals surface area contributed by atoms with Crippen molar-refractivity contribution in [1.82, 2.24) is 0 Å². The van der Waals surface area contributed by atoms with E-state index in [1.165, 1.54) is 14.2 Å². The lowest BCUT2D eigenvalue weighted by Gasteiger charge is -2.16. The standard InChI is InChI=1S/C17H16O5/c1-21-15-10-14(19)12(17(22-2)16(15)20)8-9-13(18)11-6-4-3-5-7-11/h3-7,10H,8-9H2,1-2H3. The molecule has 0 atom stereocenters. The highest BCUT2D eigenvalue weighted by atomic mass is 16.5. The highest BCUT2D eigenvalue weighted by molar-refractivity contribution is 6.21. The van der Waals surface area contributed by atoms with Gasteiger partial charge >= 0.3 is 0 Å². The van der Waals surface area contributed by atoms with Gasteiger partial charge in [-0.05, 0) is 6.42 Å². The van der Waals surface area contributed by atoms with E-state index in [2.05, 4.69) is 0 Å². The molecule has 5 heteroatoms. The second kappa shape index (κ2) is 6.85. The van der Waals surface area contributed by atoms with Crippen molar-refractivity contribution < 1.29 is 23.9 Å². The minimum absolute atomic E-state index is 0.0507. The Bertz CT molecular complexity index is 668. The van der Waals surface area contributed by atoms with Crippen LogP contribution in [0.15, 0.2) is 53.5 Å². The number of benzene rings is 1. The van der Waals surface area contributed by atoms with E-state index in [-0.39, 0.29) is 41.5 Å². The Morgan fingerprint density at radius 2 is 1.73 bits per heavy atom. The molecule has 5 nitrogen and oxygen atoms in total. The average molecular weight is 300 g/mol. The summed E-state index contributed by atoms with van der Waals surface area (Å²) in [6, 6.07) is 8.80. The van der Waals surface area contributed by atoms with Crippen LogP contribution in [0, 0.1) is 0 Å². The molecule has 0 saturated heterocycles. The molecule has 2 rings (SSSR count). The zero-order valence-electron chi connectivity index (χ0n) is 12.4. The third-order valence-corrected chi connectivity index (χ3v) is 3.39. The average Bonchev–Trinajstić information content (AvgIpc) is 2.55. The molecule has 0 unspecified atom stereocenters. The number of carbonyl (C=O) groups is 3. The van der Waals surface area contributed by atoms with E-state index in [1.54, 1.807) is 24.3 Å². The molecule has 0 aromatic heterocycles. The topological polar surface area (TPSA) is 69.7 Å². The molecule has 1 aliphatic carbocycles. The molecular weight excluding hydrogens is 284 g/mol. The molecule has 0 aliphatic heterocycles. The maximum atomic E-state index is 12.1. The number of hydrogen-bond donors (Lipinski definition) is 0. The zero-order valence-corrected chi connectivity index (χ0v) is 12.4. The maximum Gasteiger partial charge on any atom is 0.262 e. The summed E-state index contributed by atoms with van der Waals surface area (Å²) >= 11 is 0. The number of Topliss-reactive ketones (excluding diaryl/α,β-unsaturated/α-hetero) is 2. The van der Waals surface area contributed by atoms with Crippen LogP contribution in [-0.2, 0) is 19.1 Å². The van der Waals surface area contributed by atoms with Crippen LogP contribution in [-0.4, -0.2) is 31.6 Å². The molecular formula is C17H16O5. The smallest absolute Gasteiger partial charge is 0.262 e. The van der Waals surface area contributed by atoms with Gasteiger partial charge in [0.2, 0.25) is 0 Å². The molecule has 22 heavy (non-hydrogen) atoms. The Labute approximate surface area is 128 Å². The lowest BCUT2D eigenvalue weighted by Crippen LogP contribution is -2.22. The van der Waals surface area contributed by atoms with Crippen LogP contribution in [0.1, 0.15) is 23.2 Å². The molecule has 1 aliphatic rings. The summed E-state index contributed by atoms with van der Waals surface area (Å²) in [5.41, 5.74) is 0.780. The quantitative estimate of drug-likeness (QED) is 0.595. The molecule has 1 aromatic rings. The number of rotatable bonds is 6. The lowest BCUT2D eigenvalue weighted by molar-refractivity contribution is -0.121. The van der Waals surface area contributed by atoms with Gasteiger partial charge in [-0.1, -0.05) is 30.3 Å². The van der Waals surface area contributed by atoms with Crippen molar-refractivity contribution in [2.24, 2.45) is 0 Å². The summed E-state index contributed by atoms with van der Waals surface area (Å²) in [5, 5.41) is 0. The van der Waals surface area contributed by atoms with E-state index in [0.29, 0.717) is 5.56 Å². The van der Waals surface area contributed by atoms with Gasteiger partial charge in [-0.2, -0.15) is 0 Å². The van der Waals surface area contributed by atoms with E-state index >= 15 is 0 Å². The summed E-state index contributed by atoms with van der Waals surface area (Å²) in [6.45, 7) is 0. The van der Waals surface area contributed by atoms with Crippen LogP contribution in [0.5, 0.6) is 0 Å².